The molecule has 4 amide bonds. The minimum absolute atomic E-state index is 0.308. The van der Waals surface area contributed by atoms with Crippen molar-refractivity contribution in [1.29, 1.82) is 0 Å². The van der Waals surface area contributed by atoms with Crippen LogP contribution in [0.2, 0.25) is 0 Å². The van der Waals surface area contributed by atoms with E-state index in [9.17, 15) is 24.3 Å². The maximum absolute atomic E-state index is 12.4. The van der Waals surface area contributed by atoms with E-state index in [4.69, 9.17) is 4.74 Å². The van der Waals surface area contributed by atoms with E-state index >= 15 is 0 Å². The molecule has 0 bridgehead atoms. The molecule has 3 fully saturated rings. The fourth-order valence-corrected chi connectivity index (χ4v) is 4.30. The Labute approximate surface area is 164 Å². The van der Waals surface area contributed by atoms with E-state index in [2.05, 4.69) is 10.6 Å². The number of urea groups is 1. The molecule has 0 aromatic carbocycles. The van der Waals surface area contributed by atoms with E-state index in [0.29, 0.717) is 38.3 Å². The number of ether oxygens (including phenoxy) is 1. The normalized spacial score (nSPS) is 30.6. The number of aliphatic carboxylic acids is 1. The highest BCUT2D eigenvalue weighted by Crippen LogP contribution is 2.50. The van der Waals surface area contributed by atoms with Crippen LogP contribution in [-0.2, 0) is 14.3 Å². The SMILES string of the molecule is CC(C)(C)OC(=O)N1CCC(CCC2(C3CC3C(=O)O)NC(=O)NC2=O)CC1. The van der Waals surface area contributed by atoms with Crippen molar-refractivity contribution in [3.8, 4) is 0 Å². The van der Waals surface area contributed by atoms with E-state index in [-0.39, 0.29) is 12.0 Å². The Morgan fingerprint density at radius 1 is 1.25 bits per heavy atom. The predicted octanol–water partition coefficient (Wildman–Crippen LogP) is 1.71. The first-order valence-corrected chi connectivity index (χ1v) is 9.86. The number of carboxylic acid groups (broad SMARTS) is 1. The Balaban J connectivity index is 1.55. The largest absolute Gasteiger partial charge is 0.481 e. The summed E-state index contributed by atoms with van der Waals surface area (Å²) in [6.07, 6.45) is 2.78. The molecular weight excluding hydrogens is 366 g/mol. The molecule has 2 heterocycles. The van der Waals surface area contributed by atoms with Crippen molar-refractivity contribution in [3.63, 3.8) is 0 Å². The van der Waals surface area contributed by atoms with Gasteiger partial charge in [0, 0.05) is 19.0 Å². The summed E-state index contributed by atoms with van der Waals surface area (Å²) in [6, 6.07) is -0.555. The van der Waals surface area contributed by atoms with Gasteiger partial charge in [0.05, 0.1) is 5.92 Å². The summed E-state index contributed by atoms with van der Waals surface area (Å²) in [5.74, 6) is -1.99. The first kappa shape index (κ1) is 20.4. The third kappa shape index (κ3) is 4.23. The van der Waals surface area contributed by atoms with E-state index in [1.807, 2.05) is 20.8 Å². The van der Waals surface area contributed by atoms with E-state index in [1.54, 1.807) is 4.90 Å². The Morgan fingerprint density at radius 3 is 2.36 bits per heavy atom. The average Bonchev–Trinajstić information content (AvgIpc) is 3.33. The van der Waals surface area contributed by atoms with Gasteiger partial charge in [-0.15, -0.1) is 0 Å². The van der Waals surface area contributed by atoms with Gasteiger partial charge >= 0.3 is 18.1 Å². The van der Waals surface area contributed by atoms with Crippen molar-refractivity contribution in [1.82, 2.24) is 15.5 Å². The minimum atomic E-state index is -1.12. The van der Waals surface area contributed by atoms with Gasteiger partial charge in [0.15, 0.2) is 0 Å². The van der Waals surface area contributed by atoms with Crippen LogP contribution in [0.5, 0.6) is 0 Å². The third-order valence-electron chi connectivity index (χ3n) is 5.92. The lowest BCUT2D eigenvalue weighted by Crippen LogP contribution is -2.50. The molecule has 2 aliphatic heterocycles. The van der Waals surface area contributed by atoms with Gasteiger partial charge < -0.3 is 20.1 Å². The molecule has 0 aromatic heterocycles. The standard InChI is InChI=1S/C19H29N3O6/c1-18(2,3)28-17(27)22-8-5-11(6-9-22)4-7-19(13-10-12(13)14(23)24)15(25)20-16(26)21-19/h11-13H,4-10H2,1-3H3,(H,23,24)(H2,20,21,25,26). The molecule has 156 valence electrons. The number of imide groups is 1. The second-order valence-corrected chi connectivity index (χ2v) is 9.12. The van der Waals surface area contributed by atoms with Crippen LogP contribution >= 0.6 is 0 Å². The zero-order valence-electron chi connectivity index (χ0n) is 16.6. The Bertz CT molecular complexity index is 680. The summed E-state index contributed by atoms with van der Waals surface area (Å²) >= 11 is 0. The van der Waals surface area contributed by atoms with E-state index in [1.165, 1.54) is 0 Å². The molecule has 3 aliphatic rings. The zero-order valence-corrected chi connectivity index (χ0v) is 16.6. The van der Waals surface area contributed by atoms with Crippen molar-refractivity contribution in [2.75, 3.05) is 13.1 Å². The van der Waals surface area contributed by atoms with E-state index in [0.717, 1.165) is 12.8 Å². The van der Waals surface area contributed by atoms with Crippen LogP contribution in [0.3, 0.4) is 0 Å². The fraction of sp³-hybridized carbons (Fsp3) is 0.789. The molecule has 3 unspecified atom stereocenters. The van der Waals surface area contributed by atoms with Crippen LogP contribution < -0.4 is 10.6 Å². The van der Waals surface area contributed by atoms with Crippen molar-refractivity contribution in [2.45, 2.75) is 64.0 Å². The zero-order chi connectivity index (χ0) is 20.7. The van der Waals surface area contributed by atoms with Crippen molar-refractivity contribution in [2.24, 2.45) is 17.8 Å². The van der Waals surface area contributed by atoms with Crippen LogP contribution in [0.1, 0.15) is 52.9 Å². The predicted molar refractivity (Wildman–Crippen MR) is 98.4 cm³/mol. The number of carbonyl (C=O) groups is 4. The Hall–Kier alpha value is -2.32. The molecule has 0 aromatic rings. The summed E-state index contributed by atoms with van der Waals surface area (Å²) in [5.41, 5.74) is -1.65. The van der Waals surface area contributed by atoms with Crippen LogP contribution in [0.4, 0.5) is 9.59 Å². The summed E-state index contributed by atoms with van der Waals surface area (Å²) in [4.78, 5) is 49.3. The summed E-state index contributed by atoms with van der Waals surface area (Å²) in [6.45, 7) is 6.68. The number of nitrogens with zero attached hydrogens (tertiary/aromatic N) is 1. The van der Waals surface area contributed by atoms with Gasteiger partial charge in [-0.3, -0.25) is 14.9 Å². The van der Waals surface area contributed by atoms with Gasteiger partial charge in [-0.1, -0.05) is 0 Å². The number of hydrogen-bond acceptors (Lipinski definition) is 5. The lowest BCUT2D eigenvalue weighted by molar-refractivity contribution is -0.139. The van der Waals surface area contributed by atoms with Gasteiger partial charge in [0.25, 0.3) is 5.91 Å². The van der Waals surface area contributed by atoms with Gasteiger partial charge in [-0.05, 0) is 58.8 Å². The number of rotatable bonds is 5. The molecule has 28 heavy (non-hydrogen) atoms. The third-order valence-corrected chi connectivity index (χ3v) is 5.92. The van der Waals surface area contributed by atoms with Crippen LogP contribution in [0.25, 0.3) is 0 Å². The Kier molecular flexibility index (Phi) is 5.29. The molecule has 2 saturated heterocycles. The molecule has 9 heteroatoms. The summed E-state index contributed by atoms with van der Waals surface area (Å²) < 4.78 is 5.40. The van der Waals surface area contributed by atoms with Gasteiger partial charge in [-0.2, -0.15) is 0 Å². The lowest BCUT2D eigenvalue weighted by Gasteiger charge is -2.35. The number of nitrogens with one attached hydrogen (secondary N) is 2. The van der Waals surface area contributed by atoms with Crippen LogP contribution in [-0.4, -0.2) is 58.2 Å². The summed E-state index contributed by atoms with van der Waals surface area (Å²) in [7, 11) is 0. The highest BCUT2D eigenvalue weighted by molar-refractivity contribution is 6.07. The molecule has 9 nitrogen and oxygen atoms in total. The number of hydrogen-bond donors (Lipinski definition) is 3. The number of amides is 4. The minimum Gasteiger partial charge on any atom is -0.481 e. The molecule has 0 spiro atoms. The number of carbonyl (C=O) groups excluding carboxylic acids is 3. The second-order valence-electron chi connectivity index (χ2n) is 9.12. The Morgan fingerprint density at radius 2 is 1.89 bits per heavy atom. The molecule has 3 rings (SSSR count). The molecule has 3 atom stereocenters. The van der Waals surface area contributed by atoms with E-state index < -0.39 is 35.0 Å². The summed E-state index contributed by atoms with van der Waals surface area (Å²) in [5, 5.41) is 14.2. The number of piperidine rings is 1. The van der Waals surface area contributed by atoms with Crippen molar-refractivity contribution in [3.05, 3.63) is 0 Å². The molecule has 0 radical (unpaired) electrons. The molecule has 3 N–H and O–H groups in total. The van der Waals surface area contributed by atoms with Gasteiger partial charge in [0.2, 0.25) is 0 Å². The van der Waals surface area contributed by atoms with Crippen molar-refractivity contribution >= 4 is 24.0 Å². The average molecular weight is 395 g/mol. The smallest absolute Gasteiger partial charge is 0.410 e. The molecule has 1 aliphatic carbocycles. The first-order chi connectivity index (χ1) is 13.0. The van der Waals surface area contributed by atoms with Gasteiger partial charge in [0.1, 0.15) is 11.1 Å². The van der Waals surface area contributed by atoms with Crippen LogP contribution in [0.15, 0.2) is 0 Å². The highest BCUT2D eigenvalue weighted by atomic mass is 16.6. The maximum atomic E-state index is 12.4. The number of carboxylic acids is 1. The molecule has 1 saturated carbocycles. The van der Waals surface area contributed by atoms with Crippen molar-refractivity contribution < 1.29 is 29.0 Å². The van der Waals surface area contributed by atoms with Crippen LogP contribution in [0, 0.1) is 17.8 Å². The first-order valence-electron chi connectivity index (χ1n) is 9.86. The monoisotopic (exact) mass is 395 g/mol. The highest BCUT2D eigenvalue weighted by Gasteiger charge is 2.62. The maximum Gasteiger partial charge on any atom is 0.410 e. The topological polar surface area (TPSA) is 125 Å². The second kappa shape index (κ2) is 7.25. The fourth-order valence-electron chi connectivity index (χ4n) is 4.30. The lowest BCUT2D eigenvalue weighted by atomic mass is 9.81. The molecular formula is C19H29N3O6. The van der Waals surface area contributed by atoms with Gasteiger partial charge in [-0.25, -0.2) is 9.59 Å². The quantitative estimate of drug-likeness (QED) is 0.609. The number of likely N-dealkylation sites (tertiary alicyclic amines) is 1.